The average molecular weight is 261 g/mol. The van der Waals surface area contributed by atoms with Gasteiger partial charge >= 0.3 is 5.97 Å². The summed E-state index contributed by atoms with van der Waals surface area (Å²) in [5, 5.41) is 3.47. The molecule has 0 aliphatic rings. The maximum Gasteiger partial charge on any atom is 0.350 e. The van der Waals surface area contributed by atoms with Crippen LogP contribution in [0.1, 0.15) is 9.67 Å². The maximum atomic E-state index is 11.7. The van der Waals surface area contributed by atoms with E-state index >= 15 is 0 Å². The molecule has 18 heavy (non-hydrogen) atoms. The van der Waals surface area contributed by atoms with Crippen molar-refractivity contribution >= 4 is 39.0 Å². The number of rotatable bonds is 3. The van der Waals surface area contributed by atoms with Crippen LogP contribution in [0.4, 0.5) is 5.69 Å². The molecule has 0 aliphatic carbocycles. The molecule has 1 heterocycles. The molecule has 0 bridgehead atoms. The fourth-order valence-electron chi connectivity index (χ4n) is 1.58. The third-order valence-corrected chi connectivity index (χ3v) is 3.55. The molecule has 0 unspecified atom stereocenters. The molecular formula is C13H11NO3S. The molecule has 5 heteroatoms. The number of thiophene rings is 1. The number of anilines is 1. The number of hydrogen-bond donors (Lipinski definition) is 1. The minimum Gasteiger partial charge on any atom is -0.465 e. The number of benzene rings is 1. The molecule has 2 aromatic rings. The van der Waals surface area contributed by atoms with Gasteiger partial charge in [-0.15, -0.1) is 11.3 Å². The lowest BCUT2D eigenvalue weighted by Crippen LogP contribution is -2.10. The van der Waals surface area contributed by atoms with Crippen LogP contribution < -0.4 is 5.32 Å². The van der Waals surface area contributed by atoms with Gasteiger partial charge in [0.1, 0.15) is 4.88 Å². The van der Waals surface area contributed by atoms with Crippen molar-refractivity contribution in [3.63, 3.8) is 0 Å². The molecule has 1 aromatic carbocycles. The molecule has 1 amide bonds. The second-order valence-electron chi connectivity index (χ2n) is 3.49. The molecule has 0 saturated carbocycles. The SMILES string of the molecule is C=CC(=O)Nc1c(C(=O)OC)sc2ccccc12. The van der Waals surface area contributed by atoms with Gasteiger partial charge in [-0.25, -0.2) is 4.79 Å². The largest absolute Gasteiger partial charge is 0.465 e. The lowest BCUT2D eigenvalue weighted by atomic mass is 10.2. The van der Waals surface area contributed by atoms with E-state index in [9.17, 15) is 9.59 Å². The third-order valence-electron chi connectivity index (χ3n) is 2.40. The van der Waals surface area contributed by atoms with Crippen molar-refractivity contribution < 1.29 is 14.3 Å². The topological polar surface area (TPSA) is 55.4 Å². The highest BCUT2D eigenvalue weighted by atomic mass is 32.1. The summed E-state index contributed by atoms with van der Waals surface area (Å²) in [5.41, 5.74) is 0.479. The van der Waals surface area contributed by atoms with Crippen LogP contribution in [-0.4, -0.2) is 19.0 Å². The number of esters is 1. The van der Waals surface area contributed by atoms with Gasteiger partial charge in [0, 0.05) is 10.1 Å². The van der Waals surface area contributed by atoms with Crippen LogP contribution in [0.15, 0.2) is 36.9 Å². The van der Waals surface area contributed by atoms with Crippen molar-refractivity contribution in [2.75, 3.05) is 12.4 Å². The molecule has 0 radical (unpaired) electrons. The lowest BCUT2D eigenvalue weighted by molar-refractivity contribution is -0.111. The van der Waals surface area contributed by atoms with Crippen molar-refractivity contribution in [2.24, 2.45) is 0 Å². The van der Waals surface area contributed by atoms with E-state index in [-0.39, 0.29) is 5.91 Å². The minimum absolute atomic E-state index is 0.358. The Balaban J connectivity index is 2.61. The van der Waals surface area contributed by atoms with Crippen molar-refractivity contribution in [3.05, 3.63) is 41.8 Å². The molecule has 1 N–H and O–H groups in total. The van der Waals surface area contributed by atoms with Crippen LogP contribution in [0.25, 0.3) is 10.1 Å². The van der Waals surface area contributed by atoms with E-state index in [4.69, 9.17) is 4.74 Å². The van der Waals surface area contributed by atoms with Crippen LogP contribution >= 0.6 is 11.3 Å². The van der Waals surface area contributed by atoms with Gasteiger partial charge in [0.25, 0.3) is 0 Å². The summed E-state index contributed by atoms with van der Waals surface area (Å²) in [7, 11) is 1.31. The monoisotopic (exact) mass is 261 g/mol. The molecule has 4 nitrogen and oxygen atoms in total. The van der Waals surface area contributed by atoms with E-state index in [2.05, 4.69) is 11.9 Å². The molecule has 92 valence electrons. The second-order valence-corrected chi connectivity index (χ2v) is 4.54. The summed E-state index contributed by atoms with van der Waals surface area (Å²) >= 11 is 1.29. The first-order valence-corrected chi connectivity index (χ1v) is 6.02. The lowest BCUT2D eigenvalue weighted by Gasteiger charge is -2.03. The Labute approximate surface area is 108 Å². The zero-order valence-corrected chi connectivity index (χ0v) is 10.5. The van der Waals surface area contributed by atoms with E-state index in [1.54, 1.807) is 0 Å². The predicted molar refractivity (Wildman–Crippen MR) is 72.0 cm³/mol. The Morgan fingerprint density at radius 1 is 1.39 bits per heavy atom. The predicted octanol–water partition coefficient (Wildman–Crippen LogP) is 2.81. The van der Waals surface area contributed by atoms with Gasteiger partial charge < -0.3 is 10.1 Å². The first kappa shape index (κ1) is 12.3. The average Bonchev–Trinajstić information content (AvgIpc) is 2.77. The molecule has 0 aliphatic heterocycles. The van der Waals surface area contributed by atoms with Crippen molar-refractivity contribution in [2.45, 2.75) is 0 Å². The molecule has 2 rings (SSSR count). The highest BCUT2D eigenvalue weighted by Crippen LogP contribution is 2.36. The van der Waals surface area contributed by atoms with Crippen LogP contribution in [-0.2, 0) is 9.53 Å². The van der Waals surface area contributed by atoms with Gasteiger partial charge in [-0.3, -0.25) is 4.79 Å². The number of ether oxygens (including phenoxy) is 1. The number of amides is 1. The number of carbonyl (C=O) groups is 2. The van der Waals surface area contributed by atoms with Crippen molar-refractivity contribution in [3.8, 4) is 0 Å². The number of fused-ring (bicyclic) bond motifs is 1. The summed E-state index contributed by atoms with van der Waals surface area (Å²) in [6.45, 7) is 3.39. The quantitative estimate of drug-likeness (QED) is 0.682. The molecule has 1 aromatic heterocycles. The summed E-state index contributed by atoms with van der Waals surface area (Å²) < 4.78 is 5.63. The maximum absolute atomic E-state index is 11.7. The summed E-state index contributed by atoms with van der Waals surface area (Å²) in [6.07, 6.45) is 1.16. The Morgan fingerprint density at radius 3 is 2.78 bits per heavy atom. The fraction of sp³-hybridized carbons (Fsp3) is 0.0769. The smallest absolute Gasteiger partial charge is 0.350 e. The number of carbonyl (C=O) groups excluding carboxylic acids is 2. The van der Waals surface area contributed by atoms with E-state index in [0.29, 0.717) is 10.6 Å². The van der Waals surface area contributed by atoms with Gasteiger partial charge in [0.15, 0.2) is 0 Å². The van der Waals surface area contributed by atoms with Crippen LogP contribution in [0, 0.1) is 0 Å². The van der Waals surface area contributed by atoms with Crippen LogP contribution in [0.3, 0.4) is 0 Å². The molecule has 0 atom stereocenters. The fourth-order valence-corrected chi connectivity index (χ4v) is 2.66. The molecule has 0 saturated heterocycles. The van der Waals surface area contributed by atoms with Crippen LogP contribution in [0.5, 0.6) is 0 Å². The zero-order valence-electron chi connectivity index (χ0n) is 9.73. The van der Waals surface area contributed by atoms with Gasteiger partial charge in [0.05, 0.1) is 12.8 Å². The Hall–Kier alpha value is -2.14. The van der Waals surface area contributed by atoms with E-state index in [0.717, 1.165) is 16.2 Å². The number of hydrogen-bond acceptors (Lipinski definition) is 4. The summed E-state index contributed by atoms with van der Waals surface area (Å²) in [4.78, 5) is 23.5. The van der Waals surface area contributed by atoms with Gasteiger partial charge in [-0.05, 0) is 12.1 Å². The second kappa shape index (κ2) is 5.01. The molecule has 0 spiro atoms. The highest BCUT2D eigenvalue weighted by molar-refractivity contribution is 7.21. The minimum atomic E-state index is -0.462. The van der Waals surface area contributed by atoms with E-state index in [1.165, 1.54) is 18.4 Å². The van der Waals surface area contributed by atoms with Crippen LogP contribution in [0.2, 0.25) is 0 Å². The number of methoxy groups -OCH3 is 1. The third kappa shape index (κ3) is 2.12. The molecular weight excluding hydrogens is 250 g/mol. The molecule has 0 fully saturated rings. The Bertz CT molecular complexity index is 630. The first-order chi connectivity index (χ1) is 8.67. The number of nitrogens with one attached hydrogen (secondary N) is 1. The zero-order chi connectivity index (χ0) is 13.1. The Morgan fingerprint density at radius 2 is 2.11 bits per heavy atom. The highest BCUT2D eigenvalue weighted by Gasteiger charge is 2.19. The van der Waals surface area contributed by atoms with E-state index in [1.807, 2.05) is 24.3 Å². The van der Waals surface area contributed by atoms with Gasteiger partial charge in [0.2, 0.25) is 5.91 Å². The summed E-state index contributed by atoms with van der Waals surface area (Å²) in [6, 6.07) is 7.45. The van der Waals surface area contributed by atoms with Crippen molar-refractivity contribution in [1.82, 2.24) is 0 Å². The normalized spacial score (nSPS) is 10.1. The van der Waals surface area contributed by atoms with Gasteiger partial charge in [-0.2, -0.15) is 0 Å². The Kier molecular flexibility index (Phi) is 3.43. The first-order valence-electron chi connectivity index (χ1n) is 5.20. The van der Waals surface area contributed by atoms with E-state index < -0.39 is 5.97 Å². The summed E-state index contributed by atoms with van der Waals surface area (Å²) in [5.74, 6) is -0.820. The van der Waals surface area contributed by atoms with Crippen molar-refractivity contribution in [1.29, 1.82) is 0 Å². The van der Waals surface area contributed by atoms with Gasteiger partial charge in [-0.1, -0.05) is 24.8 Å². The standard InChI is InChI=1S/C13H11NO3S/c1-3-10(15)14-11-8-6-4-5-7-9(8)18-12(11)13(16)17-2/h3-7H,1H2,2H3,(H,14,15).